The smallest absolute Gasteiger partial charge is 0.122 e. The molecular formula is C13H21NOS. The number of ether oxygens (including phenoxy) is 1. The molecule has 2 nitrogen and oxygen atoms in total. The first kappa shape index (κ1) is 13.4. The molecule has 0 radical (unpaired) electrons. The number of aryl methyl sites for hydroxylation is 1. The van der Waals surface area contributed by atoms with E-state index in [2.05, 4.69) is 43.6 Å². The van der Waals surface area contributed by atoms with Crippen molar-refractivity contribution in [3.8, 4) is 5.75 Å². The van der Waals surface area contributed by atoms with Gasteiger partial charge in [0.1, 0.15) is 5.75 Å². The average molecular weight is 239 g/mol. The molecule has 0 unspecified atom stereocenters. The lowest BCUT2D eigenvalue weighted by atomic mass is 10.1. The number of methoxy groups -OCH3 is 1. The molecule has 0 saturated heterocycles. The Kier molecular flexibility index (Phi) is 5.71. The number of hydrogen-bond acceptors (Lipinski definition) is 3. The van der Waals surface area contributed by atoms with Gasteiger partial charge in [-0.15, -0.1) is 0 Å². The van der Waals surface area contributed by atoms with Gasteiger partial charge < -0.3 is 9.64 Å². The number of rotatable bonds is 6. The van der Waals surface area contributed by atoms with Crippen molar-refractivity contribution in [2.24, 2.45) is 0 Å². The molecule has 90 valence electrons. The molecule has 1 aromatic carbocycles. The molecule has 16 heavy (non-hydrogen) atoms. The second-order valence-corrected chi connectivity index (χ2v) is 4.54. The topological polar surface area (TPSA) is 12.5 Å². The van der Waals surface area contributed by atoms with Crippen molar-refractivity contribution in [1.82, 2.24) is 4.90 Å². The lowest BCUT2D eigenvalue weighted by Gasteiger charge is -2.16. The molecule has 0 aliphatic carbocycles. The van der Waals surface area contributed by atoms with Crippen LogP contribution in [0.3, 0.4) is 0 Å². The van der Waals surface area contributed by atoms with Crippen molar-refractivity contribution in [3.05, 3.63) is 29.3 Å². The van der Waals surface area contributed by atoms with Crippen molar-refractivity contribution in [3.63, 3.8) is 0 Å². The van der Waals surface area contributed by atoms with E-state index >= 15 is 0 Å². The molecule has 1 rings (SSSR count). The van der Waals surface area contributed by atoms with E-state index in [0.29, 0.717) is 0 Å². The Morgan fingerprint density at radius 3 is 2.69 bits per heavy atom. The first-order chi connectivity index (χ1) is 7.67. The van der Waals surface area contributed by atoms with Crippen LogP contribution in [0.1, 0.15) is 11.1 Å². The van der Waals surface area contributed by atoms with Gasteiger partial charge in [0.25, 0.3) is 0 Å². The number of likely N-dealkylation sites (N-methyl/N-ethyl adjacent to an activating group) is 1. The Morgan fingerprint density at radius 1 is 1.31 bits per heavy atom. The summed E-state index contributed by atoms with van der Waals surface area (Å²) >= 11 is 4.23. The summed E-state index contributed by atoms with van der Waals surface area (Å²) in [6.07, 6.45) is 1.02. The average Bonchev–Trinajstić information content (AvgIpc) is 2.27. The minimum absolute atomic E-state index is 0.904. The maximum atomic E-state index is 5.36. The fourth-order valence-electron chi connectivity index (χ4n) is 1.70. The standard InChI is InChI=1S/C13H21NOS/c1-11-4-5-13(15-3)12(10-11)6-7-14(2)8-9-16/h4-5,10,16H,6-9H2,1-3H3. The summed E-state index contributed by atoms with van der Waals surface area (Å²) in [4.78, 5) is 2.29. The molecule has 0 amide bonds. The first-order valence-corrected chi connectivity index (χ1v) is 6.23. The van der Waals surface area contributed by atoms with Gasteiger partial charge in [-0.3, -0.25) is 0 Å². The van der Waals surface area contributed by atoms with E-state index in [-0.39, 0.29) is 0 Å². The molecule has 0 fully saturated rings. The van der Waals surface area contributed by atoms with Crippen molar-refractivity contribution in [1.29, 1.82) is 0 Å². The third-order valence-corrected chi connectivity index (χ3v) is 2.88. The summed E-state index contributed by atoms with van der Waals surface area (Å²) in [5, 5.41) is 0. The van der Waals surface area contributed by atoms with E-state index in [0.717, 1.165) is 31.0 Å². The Balaban J connectivity index is 2.61. The second-order valence-electron chi connectivity index (χ2n) is 4.09. The summed E-state index contributed by atoms with van der Waals surface area (Å²) in [5.41, 5.74) is 2.57. The van der Waals surface area contributed by atoms with Gasteiger partial charge in [0.2, 0.25) is 0 Å². The van der Waals surface area contributed by atoms with Crippen LogP contribution < -0.4 is 4.74 Å². The van der Waals surface area contributed by atoms with Gasteiger partial charge in [-0.2, -0.15) is 12.6 Å². The highest BCUT2D eigenvalue weighted by molar-refractivity contribution is 7.80. The van der Waals surface area contributed by atoms with Crippen LogP contribution in [0.2, 0.25) is 0 Å². The van der Waals surface area contributed by atoms with Gasteiger partial charge >= 0.3 is 0 Å². The van der Waals surface area contributed by atoms with Crippen LogP contribution in [-0.2, 0) is 6.42 Å². The largest absolute Gasteiger partial charge is 0.496 e. The number of hydrogen-bond donors (Lipinski definition) is 1. The zero-order valence-corrected chi connectivity index (χ0v) is 11.3. The highest BCUT2D eigenvalue weighted by Crippen LogP contribution is 2.20. The second kappa shape index (κ2) is 6.81. The molecule has 0 heterocycles. The molecule has 0 aliphatic rings. The van der Waals surface area contributed by atoms with Gasteiger partial charge in [-0.1, -0.05) is 17.7 Å². The predicted octanol–water partition coefficient (Wildman–Crippen LogP) is 2.41. The van der Waals surface area contributed by atoms with Crippen LogP contribution in [0, 0.1) is 6.92 Å². The molecular weight excluding hydrogens is 218 g/mol. The Labute approximate surface area is 104 Å². The fraction of sp³-hybridized carbons (Fsp3) is 0.538. The minimum atomic E-state index is 0.904. The highest BCUT2D eigenvalue weighted by atomic mass is 32.1. The molecule has 0 N–H and O–H groups in total. The van der Waals surface area contributed by atoms with Crippen LogP contribution in [0.5, 0.6) is 5.75 Å². The molecule has 0 aliphatic heterocycles. The van der Waals surface area contributed by atoms with Gasteiger partial charge in [-0.05, 0) is 32.0 Å². The quantitative estimate of drug-likeness (QED) is 0.765. The Morgan fingerprint density at radius 2 is 2.06 bits per heavy atom. The number of benzene rings is 1. The van der Waals surface area contributed by atoms with Crippen LogP contribution in [0.4, 0.5) is 0 Å². The van der Waals surface area contributed by atoms with Crippen LogP contribution in [0.15, 0.2) is 18.2 Å². The molecule has 1 aromatic rings. The SMILES string of the molecule is COc1ccc(C)cc1CCN(C)CCS. The van der Waals surface area contributed by atoms with Crippen LogP contribution >= 0.6 is 12.6 Å². The van der Waals surface area contributed by atoms with Crippen molar-refractivity contribution >= 4 is 12.6 Å². The number of nitrogens with zero attached hydrogens (tertiary/aromatic N) is 1. The Hall–Kier alpha value is -0.670. The van der Waals surface area contributed by atoms with Crippen molar-refractivity contribution in [2.75, 3.05) is 33.0 Å². The molecule has 0 bridgehead atoms. The molecule has 0 atom stereocenters. The third-order valence-electron chi connectivity index (χ3n) is 2.68. The third kappa shape index (κ3) is 4.06. The lowest BCUT2D eigenvalue weighted by molar-refractivity contribution is 0.355. The number of thiol groups is 1. The monoisotopic (exact) mass is 239 g/mol. The van der Waals surface area contributed by atoms with Gasteiger partial charge in [-0.25, -0.2) is 0 Å². The summed E-state index contributed by atoms with van der Waals surface area (Å²) in [5.74, 6) is 1.89. The Bertz CT molecular complexity index is 328. The van der Waals surface area contributed by atoms with Crippen molar-refractivity contribution < 1.29 is 4.74 Å². The summed E-state index contributed by atoms with van der Waals surface area (Å²) in [6.45, 7) is 4.18. The van der Waals surface area contributed by atoms with E-state index in [9.17, 15) is 0 Å². The maximum absolute atomic E-state index is 5.36. The van der Waals surface area contributed by atoms with Gasteiger partial charge in [0.15, 0.2) is 0 Å². The first-order valence-electron chi connectivity index (χ1n) is 5.60. The zero-order chi connectivity index (χ0) is 12.0. The van der Waals surface area contributed by atoms with Crippen LogP contribution in [-0.4, -0.2) is 37.9 Å². The fourth-order valence-corrected chi connectivity index (χ4v) is 2.04. The molecule has 0 spiro atoms. The van der Waals surface area contributed by atoms with Gasteiger partial charge in [0, 0.05) is 18.8 Å². The van der Waals surface area contributed by atoms with E-state index < -0.39 is 0 Å². The summed E-state index contributed by atoms with van der Waals surface area (Å²) in [6, 6.07) is 6.33. The predicted molar refractivity (Wildman–Crippen MR) is 72.8 cm³/mol. The van der Waals surface area contributed by atoms with E-state index in [1.54, 1.807) is 7.11 Å². The maximum Gasteiger partial charge on any atom is 0.122 e. The van der Waals surface area contributed by atoms with E-state index in [1.807, 2.05) is 6.07 Å². The summed E-state index contributed by atoms with van der Waals surface area (Å²) in [7, 11) is 3.85. The van der Waals surface area contributed by atoms with E-state index in [4.69, 9.17) is 4.74 Å². The molecule has 3 heteroatoms. The molecule has 0 aromatic heterocycles. The van der Waals surface area contributed by atoms with Crippen LogP contribution in [0.25, 0.3) is 0 Å². The van der Waals surface area contributed by atoms with Crippen molar-refractivity contribution in [2.45, 2.75) is 13.3 Å². The van der Waals surface area contributed by atoms with E-state index in [1.165, 1.54) is 11.1 Å². The highest BCUT2D eigenvalue weighted by Gasteiger charge is 2.04. The van der Waals surface area contributed by atoms with Gasteiger partial charge in [0.05, 0.1) is 7.11 Å². The normalized spacial score (nSPS) is 10.8. The zero-order valence-electron chi connectivity index (χ0n) is 10.4. The molecule has 0 saturated carbocycles. The summed E-state index contributed by atoms with van der Waals surface area (Å²) < 4.78 is 5.36. The lowest BCUT2D eigenvalue weighted by Crippen LogP contribution is -2.23. The minimum Gasteiger partial charge on any atom is -0.496 e.